The Hall–Kier alpha value is -3.15. The molecule has 4 aliphatic heterocycles. The minimum Gasteiger partial charge on any atom is -0.497 e. The number of hydrogen-bond donors (Lipinski definition) is 0. The molecule has 5 nitrogen and oxygen atoms in total. The number of carbonyl (C=O) groups is 1. The molecule has 0 N–H and O–H groups in total. The molecule has 5 atom stereocenters. The average molecular weight is 536 g/mol. The van der Waals surface area contributed by atoms with Crippen LogP contribution in [0.3, 0.4) is 0 Å². The van der Waals surface area contributed by atoms with E-state index in [4.69, 9.17) is 4.74 Å². The number of piperazine rings is 1. The zero-order valence-electron chi connectivity index (χ0n) is 23.6. The van der Waals surface area contributed by atoms with Crippen molar-refractivity contribution in [3.8, 4) is 5.75 Å². The Labute approximate surface area is 238 Å². The van der Waals surface area contributed by atoms with Gasteiger partial charge in [0.2, 0.25) is 0 Å². The van der Waals surface area contributed by atoms with Crippen molar-refractivity contribution in [3.63, 3.8) is 0 Å². The van der Waals surface area contributed by atoms with Gasteiger partial charge < -0.3 is 9.64 Å². The van der Waals surface area contributed by atoms with E-state index in [1.807, 2.05) is 11.0 Å². The molecular formula is C35H41N3O2. The number of hydrogen-bond acceptors (Lipinski definition) is 4. The molecule has 0 saturated carbocycles. The lowest BCUT2D eigenvalue weighted by molar-refractivity contribution is -0.0140. The normalized spacial score (nSPS) is 27.1. The Morgan fingerprint density at radius 3 is 2.12 bits per heavy atom. The van der Waals surface area contributed by atoms with Crippen LogP contribution < -0.4 is 4.74 Å². The standard InChI is InChI=1S/C35H41N3O2/c1-40-29-12-8-11-28(23-29)34(26-13-15-27(16-14-26)35(39)36-21-6-3-7-22-36)38-32-19-20-33(38)31-18-17-30(32)37(31)24-25-9-4-2-5-10-25/h2,4-5,8-16,23,30-34H,3,6-7,17-22,24H2,1H3. The number of amides is 1. The molecule has 4 saturated heterocycles. The quantitative estimate of drug-likeness (QED) is 0.356. The summed E-state index contributed by atoms with van der Waals surface area (Å²) in [5.74, 6) is 1.08. The van der Waals surface area contributed by atoms with Crippen molar-refractivity contribution >= 4 is 5.91 Å². The zero-order valence-corrected chi connectivity index (χ0v) is 23.6. The molecule has 3 aromatic rings. The lowest BCUT2D eigenvalue weighted by Crippen LogP contribution is -2.60. The van der Waals surface area contributed by atoms with E-state index in [2.05, 4.69) is 82.6 Å². The number of nitrogens with zero attached hydrogens (tertiary/aromatic N) is 3. The molecule has 4 aliphatic rings. The molecule has 3 aromatic carbocycles. The van der Waals surface area contributed by atoms with Gasteiger partial charge in [-0.1, -0.05) is 54.6 Å². The van der Waals surface area contributed by atoms with Gasteiger partial charge in [0, 0.05) is 49.4 Å². The van der Waals surface area contributed by atoms with Crippen LogP contribution in [0.25, 0.3) is 0 Å². The summed E-state index contributed by atoms with van der Waals surface area (Å²) in [6.45, 7) is 2.81. The van der Waals surface area contributed by atoms with E-state index in [0.29, 0.717) is 24.2 Å². The molecule has 40 heavy (non-hydrogen) atoms. The minimum atomic E-state index is 0.147. The van der Waals surface area contributed by atoms with Crippen LogP contribution in [0.15, 0.2) is 78.9 Å². The smallest absolute Gasteiger partial charge is 0.253 e. The van der Waals surface area contributed by atoms with Gasteiger partial charge in [0.05, 0.1) is 13.2 Å². The van der Waals surface area contributed by atoms with Crippen molar-refractivity contribution in [1.82, 2.24) is 14.7 Å². The molecule has 0 aromatic heterocycles. The maximum absolute atomic E-state index is 13.2. The fraction of sp³-hybridized carbons (Fsp3) is 0.457. The molecular weight excluding hydrogens is 494 g/mol. The Bertz CT molecular complexity index is 1300. The molecule has 1 amide bonds. The molecule has 5 heteroatoms. The van der Waals surface area contributed by atoms with E-state index < -0.39 is 0 Å². The molecule has 5 unspecified atom stereocenters. The van der Waals surface area contributed by atoms with Gasteiger partial charge in [-0.3, -0.25) is 14.6 Å². The molecule has 4 fully saturated rings. The second-order valence-corrected chi connectivity index (χ2v) is 12.2. The fourth-order valence-corrected chi connectivity index (χ4v) is 8.26. The number of carbonyl (C=O) groups excluding carboxylic acids is 1. The first-order valence-electron chi connectivity index (χ1n) is 15.3. The van der Waals surface area contributed by atoms with Crippen LogP contribution in [0.2, 0.25) is 0 Å². The first kappa shape index (κ1) is 25.8. The van der Waals surface area contributed by atoms with Gasteiger partial charge in [0.1, 0.15) is 5.75 Å². The average Bonchev–Trinajstić information content (AvgIpc) is 3.53. The second kappa shape index (κ2) is 11.0. The van der Waals surface area contributed by atoms with Gasteiger partial charge in [-0.15, -0.1) is 0 Å². The second-order valence-electron chi connectivity index (χ2n) is 12.2. The highest BCUT2D eigenvalue weighted by Gasteiger charge is 2.56. The van der Waals surface area contributed by atoms with E-state index in [-0.39, 0.29) is 11.9 Å². The molecule has 7 rings (SSSR count). The van der Waals surface area contributed by atoms with Crippen molar-refractivity contribution < 1.29 is 9.53 Å². The van der Waals surface area contributed by atoms with Crippen LogP contribution >= 0.6 is 0 Å². The maximum atomic E-state index is 13.2. The van der Waals surface area contributed by atoms with E-state index in [0.717, 1.165) is 43.8 Å². The summed E-state index contributed by atoms with van der Waals surface area (Å²) in [6.07, 6.45) is 8.53. The van der Waals surface area contributed by atoms with Gasteiger partial charge in [0.15, 0.2) is 0 Å². The Morgan fingerprint density at radius 2 is 1.45 bits per heavy atom. The van der Waals surface area contributed by atoms with Crippen molar-refractivity contribution in [2.45, 2.75) is 81.7 Å². The number of fused-ring (bicyclic) bond motifs is 6. The van der Waals surface area contributed by atoms with Crippen molar-refractivity contribution in [2.75, 3.05) is 20.2 Å². The fourth-order valence-electron chi connectivity index (χ4n) is 8.26. The third kappa shape index (κ3) is 4.63. The first-order valence-corrected chi connectivity index (χ1v) is 15.3. The van der Waals surface area contributed by atoms with Crippen molar-refractivity contribution in [2.24, 2.45) is 0 Å². The zero-order chi connectivity index (χ0) is 27.1. The highest BCUT2D eigenvalue weighted by molar-refractivity contribution is 5.94. The number of methoxy groups -OCH3 is 1. The van der Waals surface area contributed by atoms with Gasteiger partial charge in [0.25, 0.3) is 5.91 Å². The highest BCUT2D eigenvalue weighted by atomic mass is 16.5. The minimum absolute atomic E-state index is 0.147. The van der Waals surface area contributed by atoms with Gasteiger partial charge in [-0.2, -0.15) is 0 Å². The van der Waals surface area contributed by atoms with Crippen LogP contribution in [-0.2, 0) is 6.54 Å². The number of ether oxygens (including phenoxy) is 1. The van der Waals surface area contributed by atoms with Gasteiger partial charge in [-0.05, 0) is 85.9 Å². The Morgan fingerprint density at radius 1 is 0.775 bits per heavy atom. The van der Waals surface area contributed by atoms with Crippen LogP contribution in [-0.4, -0.2) is 65.0 Å². The predicted octanol–water partition coefficient (Wildman–Crippen LogP) is 6.29. The number of benzene rings is 3. The summed E-state index contributed by atoms with van der Waals surface area (Å²) in [5.41, 5.74) is 4.79. The summed E-state index contributed by atoms with van der Waals surface area (Å²) in [5, 5.41) is 0. The highest BCUT2D eigenvalue weighted by Crippen LogP contribution is 2.51. The molecule has 208 valence electrons. The van der Waals surface area contributed by atoms with Gasteiger partial charge >= 0.3 is 0 Å². The first-order chi connectivity index (χ1) is 19.7. The molecule has 4 heterocycles. The topological polar surface area (TPSA) is 36.0 Å². The van der Waals surface area contributed by atoms with E-state index >= 15 is 0 Å². The van der Waals surface area contributed by atoms with Crippen molar-refractivity contribution in [3.05, 3.63) is 101 Å². The monoisotopic (exact) mass is 535 g/mol. The lowest BCUT2D eigenvalue weighted by atomic mass is 9.91. The molecule has 0 radical (unpaired) electrons. The third-order valence-electron chi connectivity index (χ3n) is 10.1. The number of likely N-dealkylation sites (tertiary alicyclic amines) is 1. The van der Waals surface area contributed by atoms with Crippen molar-refractivity contribution in [1.29, 1.82) is 0 Å². The van der Waals surface area contributed by atoms with Crippen LogP contribution in [0.4, 0.5) is 0 Å². The van der Waals surface area contributed by atoms with Gasteiger partial charge in [-0.25, -0.2) is 0 Å². The Balaban J connectivity index is 1.22. The van der Waals surface area contributed by atoms with Crippen LogP contribution in [0.1, 0.15) is 78.0 Å². The number of piperidine rings is 1. The predicted molar refractivity (Wildman–Crippen MR) is 158 cm³/mol. The maximum Gasteiger partial charge on any atom is 0.253 e. The summed E-state index contributed by atoms with van der Waals surface area (Å²) < 4.78 is 5.68. The third-order valence-corrected chi connectivity index (χ3v) is 10.1. The Kier molecular flexibility index (Phi) is 7.11. The summed E-state index contributed by atoms with van der Waals surface area (Å²) in [7, 11) is 1.75. The molecule has 0 spiro atoms. The van der Waals surface area contributed by atoms with E-state index in [9.17, 15) is 4.79 Å². The van der Waals surface area contributed by atoms with Crippen LogP contribution in [0.5, 0.6) is 5.75 Å². The van der Waals surface area contributed by atoms with E-state index in [1.165, 1.54) is 48.8 Å². The summed E-state index contributed by atoms with van der Waals surface area (Å²) in [4.78, 5) is 20.9. The molecule has 4 bridgehead atoms. The SMILES string of the molecule is COc1cccc(C(c2ccc(C(=O)N3CCCCC3)cc2)N2C3CCC2C2CCC3N2Cc2ccccc2)c1. The van der Waals surface area contributed by atoms with E-state index in [1.54, 1.807) is 7.11 Å². The summed E-state index contributed by atoms with van der Waals surface area (Å²) >= 11 is 0. The summed E-state index contributed by atoms with van der Waals surface area (Å²) in [6, 6.07) is 30.6. The number of rotatable bonds is 7. The molecule has 0 aliphatic carbocycles. The van der Waals surface area contributed by atoms with Crippen LogP contribution in [0, 0.1) is 0 Å². The largest absolute Gasteiger partial charge is 0.497 e. The lowest BCUT2D eigenvalue weighted by Gasteiger charge is -2.50.